The average Bonchev–Trinajstić information content (AvgIpc) is 2.34. The van der Waals surface area contributed by atoms with Gasteiger partial charge in [-0.15, -0.1) is 0 Å². The highest BCUT2D eigenvalue weighted by atomic mass is 28.4. The molecule has 0 saturated heterocycles. The summed E-state index contributed by atoms with van der Waals surface area (Å²) in [5, 5.41) is 0. The summed E-state index contributed by atoms with van der Waals surface area (Å²) in [5.74, 6) is 1.87. The quantitative estimate of drug-likeness (QED) is 0.646. The lowest BCUT2D eigenvalue weighted by Gasteiger charge is -2.21. The van der Waals surface area contributed by atoms with Crippen molar-refractivity contribution in [2.75, 3.05) is 6.61 Å². The van der Waals surface area contributed by atoms with Crippen LogP contribution in [0.1, 0.15) is 13.3 Å². The van der Waals surface area contributed by atoms with E-state index in [9.17, 15) is 0 Å². The molecule has 0 aromatic heterocycles. The van der Waals surface area contributed by atoms with E-state index in [0.717, 1.165) is 17.9 Å². The van der Waals surface area contributed by atoms with Crippen LogP contribution in [0.25, 0.3) is 0 Å². The standard InChI is InChI=1S/C10H18O2Si/c1-5-11-9-7-6-8-10(9)12-13(2,3)4/h7-8H,5-6H2,1-4H3. The molecule has 0 amide bonds. The molecule has 1 aliphatic carbocycles. The summed E-state index contributed by atoms with van der Waals surface area (Å²) in [5.41, 5.74) is 0. The molecule has 2 nitrogen and oxygen atoms in total. The molecule has 74 valence electrons. The lowest BCUT2D eigenvalue weighted by atomic mass is 10.5. The van der Waals surface area contributed by atoms with Gasteiger partial charge in [0.2, 0.25) is 8.32 Å². The van der Waals surface area contributed by atoms with Crippen molar-refractivity contribution in [1.82, 2.24) is 0 Å². The summed E-state index contributed by atoms with van der Waals surface area (Å²) in [4.78, 5) is 0. The van der Waals surface area contributed by atoms with Crippen LogP contribution < -0.4 is 0 Å². The predicted octanol–water partition coefficient (Wildman–Crippen LogP) is 3.05. The Morgan fingerprint density at radius 2 is 1.85 bits per heavy atom. The molecular formula is C10H18O2Si. The minimum absolute atomic E-state index is 0.707. The Hall–Kier alpha value is -0.703. The third-order valence-corrected chi connectivity index (χ3v) is 2.40. The van der Waals surface area contributed by atoms with E-state index < -0.39 is 8.32 Å². The van der Waals surface area contributed by atoms with Gasteiger partial charge in [0.25, 0.3) is 0 Å². The molecule has 0 aromatic rings. The van der Waals surface area contributed by atoms with Crippen LogP contribution in [0.5, 0.6) is 0 Å². The Morgan fingerprint density at radius 3 is 2.38 bits per heavy atom. The van der Waals surface area contributed by atoms with E-state index in [1.165, 1.54) is 0 Å². The first-order chi connectivity index (χ1) is 6.03. The Morgan fingerprint density at radius 1 is 1.23 bits per heavy atom. The van der Waals surface area contributed by atoms with E-state index in [1.807, 2.05) is 6.92 Å². The van der Waals surface area contributed by atoms with Gasteiger partial charge in [0, 0.05) is 0 Å². The van der Waals surface area contributed by atoms with E-state index in [4.69, 9.17) is 9.16 Å². The highest BCUT2D eigenvalue weighted by molar-refractivity contribution is 6.70. The summed E-state index contributed by atoms with van der Waals surface area (Å²) >= 11 is 0. The Balaban J connectivity index is 2.56. The molecule has 13 heavy (non-hydrogen) atoms. The zero-order valence-corrected chi connectivity index (χ0v) is 9.89. The molecule has 0 atom stereocenters. The first-order valence-corrected chi connectivity index (χ1v) is 8.16. The van der Waals surface area contributed by atoms with Crippen molar-refractivity contribution in [3.63, 3.8) is 0 Å². The minimum Gasteiger partial charge on any atom is -0.542 e. The lowest BCUT2D eigenvalue weighted by Crippen LogP contribution is -2.25. The van der Waals surface area contributed by atoms with Gasteiger partial charge in [-0.1, -0.05) is 0 Å². The Bertz CT molecular complexity index is 236. The van der Waals surface area contributed by atoms with E-state index in [-0.39, 0.29) is 0 Å². The molecule has 0 radical (unpaired) electrons. The molecular weight excluding hydrogens is 180 g/mol. The fourth-order valence-electron chi connectivity index (χ4n) is 1.18. The van der Waals surface area contributed by atoms with Gasteiger partial charge >= 0.3 is 0 Å². The monoisotopic (exact) mass is 198 g/mol. The van der Waals surface area contributed by atoms with Gasteiger partial charge < -0.3 is 9.16 Å². The third kappa shape index (κ3) is 3.26. The van der Waals surface area contributed by atoms with Crippen LogP contribution in [0.4, 0.5) is 0 Å². The molecule has 1 rings (SSSR count). The summed E-state index contributed by atoms with van der Waals surface area (Å²) < 4.78 is 11.3. The van der Waals surface area contributed by atoms with Crippen LogP contribution in [0.3, 0.4) is 0 Å². The Labute approximate surface area is 81.4 Å². The van der Waals surface area contributed by atoms with Crippen molar-refractivity contribution in [1.29, 1.82) is 0 Å². The largest absolute Gasteiger partial charge is 0.542 e. The number of hydrogen-bond donors (Lipinski definition) is 0. The second-order valence-electron chi connectivity index (χ2n) is 4.02. The van der Waals surface area contributed by atoms with Crippen LogP contribution in [0, 0.1) is 0 Å². The van der Waals surface area contributed by atoms with Crippen molar-refractivity contribution in [2.45, 2.75) is 33.0 Å². The maximum Gasteiger partial charge on any atom is 0.242 e. The zero-order chi connectivity index (χ0) is 9.90. The third-order valence-electron chi connectivity index (χ3n) is 1.57. The maximum absolute atomic E-state index is 5.87. The summed E-state index contributed by atoms with van der Waals surface area (Å²) in [6.45, 7) is 9.23. The van der Waals surface area contributed by atoms with Crippen LogP contribution in [0.2, 0.25) is 19.6 Å². The van der Waals surface area contributed by atoms with E-state index in [0.29, 0.717) is 6.61 Å². The van der Waals surface area contributed by atoms with Crippen molar-refractivity contribution < 1.29 is 9.16 Å². The zero-order valence-electron chi connectivity index (χ0n) is 8.89. The highest BCUT2D eigenvalue weighted by Crippen LogP contribution is 2.24. The molecule has 0 heterocycles. The van der Waals surface area contributed by atoms with E-state index in [2.05, 4.69) is 31.8 Å². The molecule has 0 fully saturated rings. The molecule has 0 bridgehead atoms. The van der Waals surface area contributed by atoms with Gasteiger partial charge in [0.1, 0.15) is 5.76 Å². The maximum atomic E-state index is 5.87. The van der Waals surface area contributed by atoms with Crippen LogP contribution >= 0.6 is 0 Å². The van der Waals surface area contributed by atoms with E-state index in [1.54, 1.807) is 0 Å². The molecule has 0 N–H and O–H groups in total. The number of ether oxygens (including phenoxy) is 1. The van der Waals surface area contributed by atoms with Gasteiger partial charge in [-0.05, 0) is 45.1 Å². The molecule has 0 unspecified atom stereocenters. The fourth-order valence-corrected chi connectivity index (χ4v) is 2.03. The van der Waals surface area contributed by atoms with Crippen LogP contribution in [-0.2, 0) is 9.16 Å². The highest BCUT2D eigenvalue weighted by Gasteiger charge is 2.21. The molecule has 3 heteroatoms. The molecule has 0 spiro atoms. The van der Waals surface area contributed by atoms with Gasteiger partial charge in [-0.3, -0.25) is 0 Å². The smallest absolute Gasteiger partial charge is 0.242 e. The summed E-state index contributed by atoms with van der Waals surface area (Å²) in [6, 6.07) is 0. The normalized spacial score (nSPS) is 16.6. The topological polar surface area (TPSA) is 18.5 Å². The number of hydrogen-bond acceptors (Lipinski definition) is 2. The lowest BCUT2D eigenvalue weighted by molar-refractivity contribution is 0.213. The summed E-state index contributed by atoms with van der Waals surface area (Å²) in [7, 11) is -1.48. The van der Waals surface area contributed by atoms with Crippen LogP contribution in [-0.4, -0.2) is 14.9 Å². The first-order valence-electron chi connectivity index (χ1n) is 4.75. The summed E-state index contributed by atoms with van der Waals surface area (Å²) in [6.07, 6.45) is 5.09. The second kappa shape index (κ2) is 4.00. The fraction of sp³-hybridized carbons (Fsp3) is 0.600. The van der Waals surface area contributed by atoms with Gasteiger partial charge in [-0.2, -0.15) is 0 Å². The average molecular weight is 198 g/mol. The molecule has 1 aliphatic rings. The van der Waals surface area contributed by atoms with Crippen molar-refractivity contribution >= 4 is 8.32 Å². The minimum atomic E-state index is -1.48. The molecule has 0 aliphatic heterocycles. The van der Waals surface area contributed by atoms with E-state index >= 15 is 0 Å². The van der Waals surface area contributed by atoms with Crippen molar-refractivity contribution in [3.05, 3.63) is 23.7 Å². The SMILES string of the molecule is CCOC1=CCC=C1O[Si](C)(C)C. The van der Waals surface area contributed by atoms with Crippen LogP contribution in [0.15, 0.2) is 23.7 Å². The van der Waals surface area contributed by atoms with Gasteiger partial charge in [0.05, 0.1) is 6.61 Å². The first kappa shape index (κ1) is 10.4. The van der Waals surface area contributed by atoms with Gasteiger partial charge in [0.15, 0.2) is 5.76 Å². The number of rotatable bonds is 4. The Kier molecular flexibility index (Phi) is 3.20. The van der Waals surface area contributed by atoms with Crippen molar-refractivity contribution in [3.8, 4) is 0 Å². The predicted molar refractivity (Wildman–Crippen MR) is 56.8 cm³/mol. The second-order valence-corrected chi connectivity index (χ2v) is 8.45. The number of allylic oxidation sites excluding steroid dienone is 2. The van der Waals surface area contributed by atoms with Gasteiger partial charge in [-0.25, -0.2) is 0 Å². The molecule has 0 saturated carbocycles. The molecule has 0 aromatic carbocycles. The van der Waals surface area contributed by atoms with Crippen molar-refractivity contribution in [2.24, 2.45) is 0 Å².